The number of aromatic amines is 4. The zero-order valence-corrected chi connectivity index (χ0v) is 47.0. The lowest BCUT2D eigenvalue weighted by Gasteiger charge is -2.32. The van der Waals surface area contributed by atoms with Crippen molar-refractivity contribution in [2.45, 2.75) is 119 Å². The average Bonchev–Trinajstić information content (AvgIpc) is 4.14. The summed E-state index contributed by atoms with van der Waals surface area (Å²) in [4.78, 5) is 15.5. The lowest BCUT2D eigenvalue weighted by molar-refractivity contribution is 0.0533. The summed E-state index contributed by atoms with van der Waals surface area (Å²) in [5, 5.41) is 4.51. The smallest absolute Gasteiger partial charge is 0.354 e. The Morgan fingerprint density at radius 3 is 0.730 bits per heavy atom. The third kappa shape index (κ3) is 11.7. The minimum atomic E-state index is -3.77. The van der Waals surface area contributed by atoms with Gasteiger partial charge in [0, 0.05) is 66.5 Å². The van der Waals surface area contributed by atoms with Crippen LogP contribution >= 0.6 is 15.2 Å². The molecule has 8 aromatic rings. The van der Waals surface area contributed by atoms with Crippen molar-refractivity contribution in [1.29, 1.82) is 0 Å². The monoisotopic (exact) mass is 1030 g/mol. The first-order valence-electron chi connectivity index (χ1n) is 25.3. The third-order valence-electron chi connectivity index (χ3n) is 12.1. The largest absolute Gasteiger partial charge is 0.362 e. The molecule has 4 aromatic carbocycles. The van der Waals surface area contributed by atoms with Gasteiger partial charge in [-0.3, -0.25) is 27.2 Å². The summed E-state index contributed by atoms with van der Waals surface area (Å²) in [5.41, 5.74) is 10.6. The van der Waals surface area contributed by atoms with E-state index >= 15 is 0 Å². The first kappa shape index (κ1) is 52.6. The molecule has 0 aliphatic carbocycles. The molecule has 74 heavy (non-hydrogen) atoms. The molecule has 1 aliphatic heterocycles. The van der Waals surface area contributed by atoms with Crippen LogP contribution in [0.5, 0.6) is 0 Å². The van der Waals surface area contributed by atoms with E-state index in [2.05, 4.69) is 131 Å². The predicted molar refractivity (Wildman–Crippen MR) is 301 cm³/mol. The van der Waals surface area contributed by atoms with E-state index in [4.69, 9.17) is 18.1 Å². The molecule has 12 heteroatoms. The van der Waals surface area contributed by atoms with Crippen LogP contribution in [-0.4, -0.2) is 42.3 Å². The summed E-state index contributed by atoms with van der Waals surface area (Å²) >= 11 is 0. The van der Waals surface area contributed by atoms with Gasteiger partial charge in [0.2, 0.25) is 0 Å². The van der Waals surface area contributed by atoms with E-state index in [0.717, 1.165) is 99.8 Å². The highest BCUT2D eigenvalue weighted by Gasteiger charge is 2.39. The van der Waals surface area contributed by atoms with Gasteiger partial charge in [-0.25, -0.2) is 0 Å². The maximum atomic E-state index is 14.7. The fourth-order valence-electron chi connectivity index (χ4n) is 9.32. The van der Waals surface area contributed by atoms with E-state index in [1.54, 1.807) is 0 Å². The number of hydrogen-bond acceptors (Lipinski definition) is 6. The van der Waals surface area contributed by atoms with E-state index in [1.165, 1.54) is 0 Å². The molecule has 384 valence electrons. The van der Waals surface area contributed by atoms with Gasteiger partial charge in [0.1, 0.15) is 0 Å². The molecule has 4 aromatic heterocycles. The van der Waals surface area contributed by atoms with Crippen molar-refractivity contribution in [3.05, 3.63) is 223 Å². The van der Waals surface area contributed by atoms with Crippen molar-refractivity contribution in [3.63, 3.8) is 0 Å². The Kier molecular flexibility index (Phi) is 13.9. The molecule has 0 saturated carbocycles. The Hall–Kier alpha value is -6.22. The predicted octanol–water partition coefficient (Wildman–Crippen LogP) is 11.8. The molecular formula is C62H70N4O6P2. The van der Waals surface area contributed by atoms with Crippen molar-refractivity contribution in [3.8, 4) is 0 Å². The maximum absolute atomic E-state index is 14.7. The van der Waals surface area contributed by atoms with E-state index < -0.39 is 37.6 Å². The lowest BCUT2D eigenvalue weighted by Crippen LogP contribution is -2.28. The standard InChI is InChI=1S/C62H70N4O6P2/c1-39-15-19-41(20-16-39)55-47-31-35-51(63-47)57(43-23-27-45(28-24-43)73(67,69-59(3,4)5)70-60(6,7)8)53-37-33-49(65-53)56(42-21-17-40(2)18-22-42)50-34-38-54(66-50)58(52-36-32-48(55)64-52)44-25-29-46(30-26-44)74(68,71-61(9,10)11)72-62(12,13)14/h15-38,63-66H,1-14H3. The molecule has 8 bridgehead atoms. The van der Waals surface area contributed by atoms with Crippen LogP contribution in [0.25, 0.3) is 22.3 Å². The molecule has 9 rings (SSSR count). The summed E-state index contributed by atoms with van der Waals surface area (Å²) in [6.45, 7) is 26.8. The Morgan fingerprint density at radius 1 is 0.297 bits per heavy atom. The number of H-pyrrole nitrogens is 4. The first-order chi connectivity index (χ1) is 34.6. The molecule has 0 atom stereocenters. The van der Waals surface area contributed by atoms with Gasteiger partial charge in [0.15, 0.2) is 0 Å². The normalized spacial score (nSPS) is 14.0. The molecule has 1 aliphatic rings. The quantitative estimate of drug-likeness (QED) is 0.101. The number of aromatic nitrogens is 4. The maximum Gasteiger partial charge on any atom is 0.362 e. The van der Waals surface area contributed by atoms with Crippen molar-refractivity contribution in [2.75, 3.05) is 0 Å². The Morgan fingerprint density at radius 2 is 0.514 bits per heavy atom. The molecule has 0 fully saturated rings. The fraction of sp³-hybridized carbons (Fsp3) is 0.290. The zero-order chi connectivity index (χ0) is 53.2. The molecule has 0 radical (unpaired) electrons. The molecule has 4 N–H and O–H groups in total. The Labute approximate surface area is 435 Å². The van der Waals surface area contributed by atoms with E-state index in [1.807, 2.05) is 132 Å². The molecule has 0 unspecified atom stereocenters. The van der Waals surface area contributed by atoms with Gasteiger partial charge < -0.3 is 19.9 Å². The first-order valence-corrected chi connectivity index (χ1v) is 28.4. The van der Waals surface area contributed by atoms with Crippen LogP contribution in [0.2, 0.25) is 0 Å². The number of aryl methyl sites for hydroxylation is 2. The molecule has 0 amide bonds. The van der Waals surface area contributed by atoms with Crippen molar-refractivity contribution < 1.29 is 27.2 Å². The second kappa shape index (κ2) is 19.5. The number of hydrogen-bond donors (Lipinski definition) is 4. The SMILES string of the molecule is Cc1ccc(C2=c3ccc([nH]3)=C(c3ccc(P(=O)(OC(C)(C)C)OC(C)(C)C)cc3)c3ccc([nH]3)C(c3ccc(C)cc3)=c3ccc([nH]3)=C(c3ccc(P(=O)(OC(C)(C)C)OC(C)(C)C)cc3)c3ccc2[nH]3)cc1. The number of nitrogens with one attached hydrogen (secondary N) is 4. The van der Waals surface area contributed by atoms with Crippen molar-refractivity contribution in [1.82, 2.24) is 19.9 Å². The van der Waals surface area contributed by atoms with Gasteiger partial charge in [-0.15, -0.1) is 0 Å². The molecule has 10 nitrogen and oxygen atoms in total. The van der Waals surface area contributed by atoms with Crippen molar-refractivity contribution >= 4 is 48.1 Å². The highest BCUT2D eigenvalue weighted by molar-refractivity contribution is 7.62. The molecular weight excluding hydrogens is 959 g/mol. The van der Waals surface area contributed by atoms with Crippen LogP contribution in [-0.2, 0) is 27.2 Å². The molecule has 0 saturated heterocycles. The highest BCUT2D eigenvalue weighted by atomic mass is 31.2. The van der Waals surface area contributed by atoms with Gasteiger partial charge in [-0.05, 0) is 192 Å². The van der Waals surface area contributed by atoms with Crippen LogP contribution in [0.4, 0.5) is 0 Å². The van der Waals surface area contributed by atoms with Crippen LogP contribution in [0.3, 0.4) is 0 Å². The Bertz CT molecular complexity index is 3430. The minimum Gasteiger partial charge on any atom is -0.354 e. The minimum absolute atomic E-state index is 0.477. The van der Waals surface area contributed by atoms with Crippen LogP contribution in [0, 0.1) is 13.8 Å². The van der Waals surface area contributed by atoms with Gasteiger partial charge in [0.25, 0.3) is 0 Å². The van der Waals surface area contributed by atoms with Gasteiger partial charge >= 0.3 is 15.2 Å². The van der Waals surface area contributed by atoms with Gasteiger partial charge in [0.05, 0.1) is 33.0 Å². The zero-order valence-electron chi connectivity index (χ0n) is 45.2. The summed E-state index contributed by atoms with van der Waals surface area (Å²) < 4.78 is 54.5. The second-order valence-electron chi connectivity index (χ2n) is 23.3. The third-order valence-corrected chi connectivity index (χ3v) is 17.1. The average molecular weight is 1030 g/mol. The fourth-order valence-corrected chi connectivity index (χ4v) is 13.7. The number of benzene rings is 4. The van der Waals surface area contributed by atoms with Gasteiger partial charge in [-0.1, -0.05) is 83.9 Å². The Balaban J connectivity index is 1.32. The number of rotatable bonds is 10. The summed E-state index contributed by atoms with van der Waals surface area (Å²) in [7, 11) is -7.53. The van der Waals surface area contributed by atoms with Crippen molar-refractivity contribution in [2.24, 2.45) is 0 Å². The second-order valence-corrected chi connectivity index (χ2v) is 27.0. The summed E-state index contributed by atoms with van der Waals surface area (Å²) in [6, 6.07) is 49.6. The summed E-state index contributed by atoms with van der Waals surface area (Å²) in [5.74, 6) is 0. The molecule has 5 heterocycles. The van der Waals surface area contributed by atoms with E-state index in [-0.39, 0.29) is 0 Å². The van der Waals surface area contributed by atoms with Crippen LogP contribution < -0.4 is 32.0 Å². The highest BCUT2D eigenvalue weighted by Crippen LogP contribution is 2.54. The lowest BCUT2D eigenvalue weighted by atomic mass is 10.0. The summed E-state index contributed by atoms with van der Waals surface area (Å²) in [6.07, 6.45) is 0. The van der Waals surface area contributed by atoms with Crippen LogP contribution in [0.15, 0.2) is 146 Å². The molecule has 0 spiro atoms. The van der Waals surface area contributed by atoms with E-state index in [9.17, 15) is 9.13 Å². The van der Waals surface area contributed by atoms with E-state index in [0.29, 0.717) is 10.6 Å². The van der Waals surface area contributed by atoms with Gasteiger partial charge in [-0.2, -0.15) is 0 Å². The number of fused-ring (bicyclic) bond motifs is 8. The topological polar surface area (TPSA) is 134 Å². The van der Waals surface area contributed by atoms with Crippen LogP contribution in [0.1, 0.15) is 139 Å².